The highest BCUT2D eigenvalue weighted by Gasteiger charge is 2.28. The number of hydrogen-bond donors (Lipinski definition) is 4. The third-order valence-corrected chi connectivity index (χ3v) is 3.17. The number of carboxylic acid groups (broad SMARTS) is 1. The molecule has 3 unspecified atom stereocenters. The predicted molar refractivity (Wildman–Crippen MR) is 66.1 cm³/mol. The van der Waals surface area contributed by atoms with Crippen molar-refractivity contribution in [3.05, 3.63) is 0 Å². The van der Waals surface area contributed by atoms with E-state index in [0.717, 1.165) is 32.2 Å². The molecule has 0 spiro atoms. The van der Waals surface area contributed by atoms with Gasteiger partial charge in [0.1, 0.15) is 0 Å². The van der Waals surface area contributed by atoms with Gasteiger partial charge in [0, 0.05) is 0 Å². The number of aliphatic hydroxyl groups is 1. The maximum absolute atomic E-state index is 11.9. The van der Waals surface area contributed by atoms with Crippen molar-refractivity contribution >= 4 is 11.9 Å². The molecule has 0 aromatic rings. The lowest BCUT2D eigenvalue weighted by atomic mass is 10.0. The quantitative estimate of drug-likeness (QED) is 0.562. The Bertz CT molecular complexity index is 286. The molecule has 1 fully saturated rings. The van der Waals surface area contributed by atoms with E-state index >= 15 is 0 Å². The fraction of sp³-hybridized carbons (Fsp3) is 0.833. The summed E-state index contributed by atoms with van der Waals surface area (Å²) in [4.78, 5) is 22.8. The molecule has 1 rings (SSSR count). The summed E-state index contributed by atoms with van der Waals surface area (Å²) in [6.07, 6.45) is 3.84. The summed E-state index contributed by atoms with van der Waals surface area (Å²) in [5.74, 6) is -1.56. The van der Waals surface area contributed by atoms with Crippen LogP contribution < -0.4 is 10.6 Å². The molecule has 6 nitrogen and oxygen atoms in total. The van der Waals surface area contributed by atoms with Crippen LogP contribution in [-0.2, 0) is 9.59 Å². The normalized spacial score (nSPS) is 24.4. The number of carboxylic acids is 1. The molecule has 6 heteroatoms. The first-order chi connectivity index (χ1) is 8.52. The minimum absolute atomic E-state index is 0.342. The molecule has 0 radical (unpaired) electrons. The molecule has 1 amide bonds. The van der Waals surface area contributed by atoms with Gasteiger partial charge < -0.3 is 20.8 Å². The summed E-state index contributed by atoms with van der Waals surface area (Å²) in [5.41, 5.74) is 0. The fourth-order valence-electron chi connectivity index (χ4n) is 2.07. The number of hydrogen-bond acceptors (Lipinski definition) is 4. The van der Waals surface area contributed by atoms with Gasteiger partial charge in [0.05, 0.1) is 12.1 Å². The number of carbonyl (C=O) groups excluding carboxylic acids is 1. The summed E-state index contributed by atoms with van der Waals surface area (Å²) >= 11 is 0. The second-order valence-electron chi connectivity index (χ2n) is 4.77. The van der Waals surface area contributed by atoms with Gasteiger partial charge in [-0.25, -0.2) is 4.79 Å². The van der Waals surface area contributed by atoms with Crippen LogP contribution in [0, 0.1) is 0 Å². The number of nitrogens with one attached hydrogen (secondary N) is 2. The van der Waals surface area contributed by atoms with Crippen LogP contribution in [-0.4, -0.2) is 46.8 Å². The largest absolute Gasteiger partial charge is 0.480 e. The molecule has 1 aliphatic rings. The van der Waals surface area contributed by atoms with E-state index in [9.17, 15) is 14.7 Å². The lowest BCUT2D eigenvalue weighted by Crippen LogP contribution is -2.54. The van der Waals surface area contributed by atoms with Gasteiger partial charge in [-0.3, -0.25) is 4.79 Å². The Morgan fingerprint density at radius 2 is 1.94 bits per heavy atom. The Morgan fingerprint density at radius 3 is 2.56 bits per heavy atom. The molecular weight excluding hydrogens is 236 g/mol. The lowest BCUT2D eigenvalue weighted by Gasteiger charge is -2.24. The topological polar surface area (TPSA) is 98.7 Å². The van der Waals surface area contributed by atoms with Gasteiger partial charge in [0.25, 0.3) is 0 Å². The van der Waals surface area contributed by atoms with Crippen LogP contribution in [0.25, 0.3) is 0 Å². The molecule has 4 N–H and O–H groups in total. The van der Waals surface area contributed by atoms with E-state index in [-0.39, 0.29) is 11.9 Å². The first-order valence-electron chi connectivity index (χ1n) is 6.47. The second kappa shape index (κ2) is 7.33. The van der Waals surface area contributed by atoms with Crippen molar-refractivity contribution in [2.75, 3.05) is 6.54 Å². The fourth-order valence-corrected chi connectivity index (χ4v) is 2.07. The first kappa shape index (κ1) is 14.9. The maximum Gasteiger partial charge on any atom is 0.328 e. The van der Waals surface area contributed by atoms with Crippen molar-refractivity contribution in [3.8, 4) is 0 Å². The third-order valence-electron chi connectivity index (χ3n) is 3.17. The number of aliphatic carboxylic acids is 1. The van der Waals surface area contributed by atoms with Crippen molar-refractivity contribution in [1.82, 2.24) is 10.6 Å². The molecular formula is C12H22N2O4. The van der Waals surface area contributed by atoms with E-state index in [1.54, 1.807) is 0 Å². The molecule has 1 aliphatic heterocycles. The molecule has 0 bridgehead atoms. The van der Waals surface area contributed by atoms with Crippen molar-refractivity contribution < 1.29 is 19.8 Å². The van der Waals surface area contributed by atoms with Crippen LogP contribution in [0.1, 0.15) is 39.0 Å². The maximum atomic E-state index is 11.9. The molecule has 1 heterocycles. The number of rotatable bonds is 4. The number of aliphatic hydroxyl groups excluding tert-OH is 1. The average Bonchev–Trinajstić information content (AvgIpc) is 2.24. The van der Waals surface area contributed by atoms with E-state index in [2.05, 4.69) is 10.6 Å². The highest BCUT2D eigenvalue weighted by atomic mass is 16.4. The molecule has 0 saturated carbocycles. The second-order valence-corrected chi connectivity index (χ2v) is 4.77. The monoisotopic (exact) mass is 258 g/mol. The average molecular weight is 258 g/mol. The van der Waals surface area contributed by atoms with Crippen LogP contribution in [0.15, 0.2) is 0 Å². The van der Waals surface area contributed by atoms with Crippen LogP contribution >= 0.6 is 0 Å². The number of amides is 1. The van der Waals surface area contributed by atoms with E-state index in [0.29, 0.717) is 6.42 Å². The first-order valence-corrected chi connectivity index (χ1v) is 6.47. The Morgan fingerprint density at radius 1 is 1.28 bits per heavy atom. The van der Waals surface area contributed by atoms with Gasteiger partial charge in [0.2, 0.25) is 5.91 Å². The Labute approximate surface area is 107 Å². The molecule has 0 aromatic carbocycles. The van der Waals surface area contributed by atoms with Crippen molar-refractivity contribution in [2.24, 2.45) is 0 Å². The zero-order chi connectivity index (χ0) is 13.5. The Hall–Kier alpha value is -1.14. The molecule has 18 heavy (non-hydrogen) atoms. The van der Waals surface area contributed by atoms with Gasteiger partial charge in [-0.15, -0.1) is 0 Å². The lowest BCUT2D eigenvalue weighted by molar-refractivity contribution is -0.145. The SMILES string of the molecule is CC(O)C(NC(=O)C1CCCCCCN1)C(=O)O. The van der Waals surface area contributed by atoms with E-state index in [1.165, 1.54) is 6.92 Å². The minimum Gasteiger partial charge on any atom is -0.480 e. The highest BCUT2D eigenvalue weighted by Crippen LogP contribution is 2.10. The molecule has 104 valence electrons. The van der Waals surface area contributed by atoms with Crippen molar-refractivity contribution in [3.63, 3.8) is 0 Å². The highest BCUT2D eigenvalue weighted by molar-refractivity contribution is 5.87. The Balaban J connectivity index is 2.53. The van der Waals surface area contributed by atoms with Gasteiger partial charge in [0.15, 0.2) is 6.04 Å². The van der Waals surface area contributed by atoms with E-state index in [1.807, 2.05) is 0 Å². The van der Waals surface area contributed by atoms with Crippen molar-refractivity contribution in [2.45, 2.75) is 57.2 Å². The van der Waals surface area contributed by atoms with Crippen LogP contribution in [0.3, 0.4) is 0 Å². The van der Waals surface area contributed by atoms with Gasteiger partial charge in [-0.2, -0.15) is 0 Å². The molecule has 1 saturated heterocycles. The summed E-state index contributed by atoms with van der Waals surface area (Å²) in [5, 5.41) is 23.7. The Kier molecular flexibility index (Phi) is 6.07. The summed E-state index contributed by atoms with van der Waals surface area (Å²) in [7, 11) is 0. The zero-order valence-electron chi connectivity index (χ0n) is 10.7. The van der Waals surface area contributed by atoms with Gasteiger partial charge >= 0.3 is 5.97 Å². The van der Waals surface area contributed by atoms with Gasteiger partial charge in [-0.05, 0) is 26.3 Å². The summed E-state index contributed by atoms with van der Waals surface area (Å²) < 4.78 is 0. The smallest absolute Gasteiger partial charge is 0.328 e. The summed E-state index contributed by atoms with van der Waals surface area (Å²) in [6.45, 7) is 2.12. The van der Waals surface area contributed by atoms with E-state index in [4.69, 9.17) is 5.11 Å². The minimum atomic E-state index is -1.25. The molecule has 0 aromatic heterocycles. The summed E-state index contributed by atoms with van der Waals surface area (Å²) in [6, 6.07) is -1.60. The third kappa shape index (κ3) is 4.62. The van der Waals surface area contributed by atoms with Crippen LogP contribution in [0.4, 0.5) is 0 Å². The zero-order valence-corrected chi connectivity index (χ0v) is 10.7. The van der Waals surface area contributed by atoms with Crippen LogP contribution in [0.2, 0.25) is 0 Å². The standard InChI is InChI=1S/C12H22N2O4/c1-8(15)10(12(17)18)14-11(16)9-6-4-2-3-5-7-13-9/h8-10,13,15H,2-7H2,1H3,(H,14,16)(H,17,18). The van der Waals surface area contributed by atoms with Gasteiger partial charge in [-0.1, -0.05) is 19.3 Å². The van der Waals surface area contributed by atoms with Crippen molar-refractivity contribution in [1.29, 1.82) is 0 Å². The van der Waals surface area contributed by atoms with E-state index < -0.39 is 18.1 Å². The number of carbonyl (C=O) groups is 2. The molecule has 3 atom stereocenters. The predicted octanol–water partition coefficient (Wildman–Crippen LogP) is -0.141. The molecule has 0 aliphatic carbocycles. The van der Waals surface area contributed by atoms with Crippen LogP contribution in [0.5, 0.6) is 0 Å².